The van der Waals surface area contributed by atoms with E-state index in [4.69, 9.17) is 37.9 Å². The van der Waals surface area contributed by atoms with Gasteiger partial charge in [0.2, 0.25) is 16.8 Å². The SMILES string of the molecule is Cc1nc(COc2ccc([C@@H]3C[C@@]3(NC(=O)OC3CO[C@]4(C)C[C@@H]3CCO4)[C@@H](CN(CC(C)C)S(=O)(=O)c3ccc4c(c3)OCO4)OC(=O)COCCI)cc2)cs1. The molecule has 0 radical (unpaired) electrons. The average Bonchev–Trinajstić information content (AvgIpc) is 3.46. The Morgan fingerprint density at radius 2 is 1.88 bits per heavy atom. The zero-order valence-corrected chi connectivity index (χ0v) is 36.8. The Balaban J connectivity index is 1.20. The fourth-order valence-electron chi connectivity index (χ4n) is 7.82. The van der Waals surface area contributed by atoms with E-state index in [0.29, 0.717) is 60.8 Å². The molecule has 2 saturated heterocycles. The molecular formula is C40H50IN3O12S2. The second-order valence-electron chi connectivity index (χ2n) is 15.6. The summed E-state index contributed by atoms with van der Waals surface area (Å²) in [5.74, 6) is -0.514. The largest absolute Gasteiger partial charge is 0.487 e. The molecule has 1 aliphatic carbocycles. The van der Waals surface area contributed by atoms with Crippen molar-refractivity contribution in [2.45, 2.75) is 87.9 Å². The predicted octanol–water partition coefficient (Wildman–Crippen LogP) is 5.96. The molecule has 4 aliphatic rings. The van der Waals surface area contributed by atoms with Crippen LogP contribution in [0.1, 0.15) is 62.2 Å². The quantitative estimate of drug-likeness (QED) is 0.0687. The number of alkyl halides is 1. The highest BCUT2D eigenvalue weighted by atomic mass is 127. The number of amides is 1. The summed E-state index contributed by atoms with van der Waals surface area (Å²) in [5.41, 5.74) is 0.392. The van der Waals surface area contributed by atoms with Gasteiger partial charge in [-0.3, -0.25) is 0 Å². The standard InChI is InChI=1S/C40H50IN3O12S2/c1-25(2)18-44(58(47,48)31-9-10-33-34(15-31)52-24-51-33)19-36(56-37(45)22-49-14-12-41)40(43-38(46)55-35-21-54-39(4)16-28(35)11-13-53-39)17-32(40)27-5-7-30(8-6-27)50-20-29-23-57-26(3)42-29/h5-10,15,23,25,28,32,35-36H,11-14,16-22,24H2,1-4H3,(H,43,46)/t28-,32-,35?,36+,39+,40-/m0/s1. The molecule has 1 N–H and O–H groups in total. The van der Waals surface area contributed by atoms with Gasteiger partial charge in [0.1, 0.15) is 31.2 Å². The van der Waals surface area contributed by atoms with Crippen LogP contribution in [-0.4, -0.2) is 104 Å². The van der Waals surface area contributed by atoms with E-state index >= 15 is 0 Å². The first-order chi connectivity index (χ1) is 27.8. The predicted molar refractivity (Wildman–Crippen MR) is 220 cm³/mol. The lowest BCUT2D eigenvalue weighted by atomic mass is 9.87. The van der Waals surface area contributed by atoms with E-state index in [-0.39, 0.29) is 49.8 Å². The normalized spacial score (nSPS) is 25.3. The maximum Gasteiger partial charge on any atom is 0.408 e. The Kier molecular flexibility index (Phi) is 13.4. The lowest BCUT2D eigenvalue weighted by Gasteiger charge is -2.45. The van der Waals surface area contributed by atoms with Crippen molar-refractivity contribution < 1.29 is 55.9 Å². The minimum absolute atomic E-state index is 0.00853. The van der Waals surface area contributed by atoms with E-state index < -0.39 is 51.5 Å². The van der Waals surface area contributed by atoms with Gasteiger partial charge in [-0.2, -0.15) is 4.31 Å². The van der Waals surface area contributed by atoms with Gasteiger partial charge in [0, 0.05) is 40.7 Å². The lowest BCUT2D eigenvalue weighted by molar-refractivity contribution is -0.297. The van der Waals surface area contributed by atoms with E-state index in [0.717, 1.165) is 16.3 Å². The number of sulfonamides is 1. The number of esters is 1. The molecule has 58 heavy (non-hydrogen) atoms. The number of fused-ring (bicyclic) bond motifs is 3. The number of thiazole rings is 1. The van der Waals surface area contributed by atoms with Gasteiger partial charge in [-0.1, -0.05) is 48.6 Å². The summed E-state index contributed by atoms with van der Waals surface area (Å²) in [6.07, 6.45) is -0.810. The van der Waals surface area contributed by atoms with Gasteiger partial charge in [0.05, 0.1) is 47.5 Å². The molecule has 3 aromatic rings. The molecule has 3 aliphatic heterocycles. The second kappa shape index (κ2) is 18.1. The zero-order chi connectivity index (χ0) is 41.1. The smallest absolute Gasteiger partial charge is 0.408 e. The molecule has 15 nitrogen and oxygen atoms in total. The number of nitrogens with one attached hydrogen (secondary N) is 1. The summed E-state index contributed by atoms with van der Waals surface area (Å²) >= 11 is 3.70. The molecule has 2 aromatic carbocycles. The van der Waals surface area contributed by atoms with Gasteiger partial charge in [-0.25, -0.2) is 23.0 Å². The number of aryl methyl sites for hydroxylation is 1. The average molecular weight is 956 g/mol. The van der Waals surface area contributed by atoms with Gasteiger partial charge >= 0.3 is 12.1 Å². The van der Waals surface area contributed by atoms with Crippen LogP contribution < -0.4 is 19.5 Å². The van der Waals surface area contributed by atoms with Crippen molar-refractivity contribution in [3.8, 4) is 17.2 Å². The van der Waals surface area contributed by atoms with Crippen LogP contribution in [0.5, 0.6) is 17.2 Å². The lowest BCUT2D eigenvalue weighted by Crippen LogP contribution is -2.56. The monoisotopic (exact) mass is 955 g/mol. The van der Waals surface area contributed by atoms with Crippen molar-refractivity contribution in [2.24, 2.45) is 11.8 Å². The third-order valence-electron chi connectivity index (χ3n) is 10.7. The topological polar surface area (TPSA) is 170 Å². The number of hydrogen-bond donors (Lipinski definition) is 1. The number of nitrogens with zero attached hydrogens (tertiary/aromatic N) is 2. The number of ether oxygens (including phenoxy) is 8. The molecule has 0 spiro atoms. The zero-order valence-electron chi connectivity index (χ0n) is 33.0. The van der Waals surface area contributed by atoms with Crippen LogP contribution in [0.15, 0.2) is 52.7 Å². The molecule has 2 bridgehead atoms. The molecule has 6 atom stereocenters. The molecule has 316 valence electrons. The number of hydrogen-bond acceptors (Lipinski definition) is 14. The van der Waals surface area contributed by atoms with E-state index in [9.17, 15) is 18.0 Å². The van der Waals surface area contributed by atoms with Gasteiger partial charge in [-0.15, -0.1) is 11.3 Å². The van der Waals surface area contributed by atoms with Crippen LogP contribution in [0.2, 0.25) is 0 Å². The van der Waals surface area contributed by atoms with Crippen molar-refractivity contribution in [3.05, 3.63) is 64.1 Å². The summed E-state index contributed by atoms with van der Waals surface area (Å²) < 4.78 is 77.6. The molecule has 1 saturated carbocycles. The minimum atomic E-state index is -4.20. The van der Waals surface area contributed by atoms with E-state index in [1.165, 1.54) is 16.4 Å². The maximum atomic E-state index is 14.5. The molecule has 1 aromatic heterocycles. The molecular weight excluding hydrogens is 905 g/mol. The van der Waals surface area contributed by atoms with Gasteiger partial charge < -0.3 is 43.2 Å². The number of aromatic nitrogens is 1. The fraction of sp³-hybridized carbons (Fsp3) is 0.575. The Morgan fingerprint density at radius 3 is 2.62 bits per heavy atom. The number of alkyl carbamates (subject to hydrolysis) is 1. The third-order valence-corrected chi connectivity index (χ3v) is 13.8. The van der Waals surface area contributed by atoms with Crippen molar-refractivity contribution in [1.29, 1.82) is 0 Å². The number of halogens is 1. The van der Waals surface area contributed by atoms with Gasteiger partial charge in [-0.05, 0) is 62.4 Å². The Morgan fingerprint density at radius 1 is 1.09 bits per heavy atom. The van der Waals surface area contributed by atoms with Gasteiger partial charge in [0.25, 0.3) is 0 Å². The molecule has 3 fully saturated rings. The molecule has 4 heterocycles. The highest BCUT2D eigenvalue weighted by molar-refractivity contribution is 14.1. The Hall–Kier alpha value is -3.27. The van der Waals surface area contributed by atoms with Crippen LogP contribution in [0, 0.1) is 18.8 Å². The summed E-state index contributed by atoms with van der Waals surface area (Å²) in [6, 6.07) is 11.9. The van der Waals surface area contributed by atoms with Crippen LogP contribution in [0.3, 0.4) is 0 Å². The number of benzene rings is 2. The maximum absolute atomic E-state index is 14.5. The highest BCUT2D eigenvalue weighted by Crippen LogP contribution is 2.55. The molecule has 7 rings (SSSR count). The number of carbonyl (C=O) groups is 2. The highest BCUT2D eigenvalue weighted by Gasteiger charge is 2.63. The van der Waals surface area contributed by atoms with Gasteiger partial charge in [0.15, 0.2) is 17.3 Å². The van der Waals surface area contributed by atoms with Crippen molar-refractivity contribution >= 4 is 56.0 Å². The van der Waals surface area contributed by atoms with Crippen molar-refractivity contribution in [3.63, 3.8) is 0 Å². The van der Waals surface area contributed by atoms with E-state index in [1.807, 2.05) is 57.3 Å². The number of rotatable bonds is 18. The van der Waals surface area contributed by atoms with Crippen molar-refractivity contribution in [2.75, 3.05) is 50.7 Å². The van der Waals surface area contributed by atoms with Crippen LogP contribution >= 0.6 is 33.9 Å². The fourth-order valence-corrected chi connectivity index (χ4v) is 10.3. The molecule has 1 unspecified atom stereocenters. The van der Waals surface area contributed by atoms with Crippen LogP contribution in [-0.2, 0) is 45.1 Å². The Bertz CT molecular complexity index is 2030. The summed E-state index contributed by atoms with van der Waals surface area (Å²) in [7, 11) is -4.20. The third kappa shape index (κ3) is 10.0. The Labute approximate surface area is 356 Å². The first-order valence-electron chi connectivity index (χ1n) is 19.4. The first kappa shape index (κ1) is 42.8. The van der Waals surface area contributed by atoms with Crippen LogP contribution in [0.4, 0.5) is 4.79 Å². The molecule has 18 heteroatoms. The second-order valence-corrected chi connectivity index (χ2v) is 19.7. The minimum Gasteiger partial charge on any atom is -0.487 e. The summed E-state index contributed by atoms with van der Waals surface area (Å²) in [4.78, 5) is 32.1. The first-order valence-corrected chi connectivity index (χ1v) is 23.2. The van der Waals surface area contributed by atoms with Crippen molar-refractivity contribution in [1.82, 2.24) is 14.6 Å². The molecule has 1 amide bonds. The summed E-state index contributed by atoms with van der Waals surface area (Å²) in [6.45, 7) is 8.36. The number of carbonyl (C=O) groups excluding carboxylic acids is 2. The van der Waals surface area contributed by atoms with E-state index in [2.05, 4.69) is 32.9 Å². The summed E-state index contributed by atoms with van der Waals surface area (Å²) in [5, 5.41) is 6.01. The van der Waals surface area contributed by atoms with Crippen LogP contribution in [0.25, 0.3) is 0 Å². The van der Waals surface area contributed by atoms with E-state index in [1.54, 1.807) is 17.4 Å².